The highest BCUT2D eigenvalue weighted by Crippen LogP contribution is 2.15. The molecule has 0 radical (unpaired) electrons. The van der Waals surface area contributed by atoms with Gasteiger partial charge in [0.25, 0.3) is 0 Å². The van der Waals surface area contributed by atoms with Gasteiger partial charge >= 0.3 is 5.97 Å². The molecule has 1 aromatic rings. The van der Waals surface area contributed by atoms with E-state index in [4.69, 9.17) is 10.5 Å². The minimum absolute atomic E-state index is 0. The highest BCUT2D eigenvalue weighted by atomic mass is 35.5. The van der Waals surface area contributed by atoms with Gasteiger partial charge in [0.1, 0.15) is 11.6 Å². The Morgan fingerprint density at radius 3 is 2.18 bits per heavy atom. The van der Waals surface area contributed by atoms with Crippen molar-refractivity contribution in [1.82, 2.24) is 4.98 Å². The lowest BCUT2D eigenvalue weighted by Gasteiger charge is -2.22. The van der Waals surface area contributed by atoms with E-state index in [9.17, 15) is 4.79 Å². The SMILES string of the molecule is CC(C)(C)OC(=O)C(N)c1ccncc1.Cl.Cl. The van der Waals surface area contributed by atoms with E-state index in [0.29, 0.717) is 5.56 Å². The first kappa shape index (κ1) is 18.5. The van der Waals surface area contributed by atoms with Gasteiger partial charge in [0.05, 0.1) is 0 Å². The van der Waals surface area contributed by atoms with Crippen LogP contribution < -0.4 is 5.73 Å². The number of pyridine rings is 1. The van der Waals surface area contributed by atoms with E-state index in [1.807, 2.05) is 20.8 Å². The van der Waals surface area contributed by atoms with Crippen molar-refractivity contribution >= 4 is 30.8 Å². The molecule has 2 N–H and O–H groups in total. The fourth-order valence-electron chi connectivity index (χ4n) is 1.07. The quantitative estimate of drug-likeness (QED) is 0.844. The smallest absolute Gasteiger partial charge is 0.328 e. The Balaban J connectivity index is 0. The molecular formula is C11H18Cl2N2O2. The number of hydrogen-bond acceptors (Lipinski definition) is 4. The summed E-state index contributed by atoms with van der Waals surface area (Å²) in [7, 11) is 0. The monoisotopic (exact) mass is 280 g/mol. The summed E-state index contributed by atoms with van der Waals surface area (Å²) < 4.78 is 5.17. The van der Waals surface area contributed by atoms with E-state index in [2.05, 4.69) is 4.98 Å². The summed E-state index contributed by atoms with van der Waals surface area (Å²) in [6.45, 7) is 5.43. The Kier molecular flexibility index (Phi) is 8.15. The molecule has 0 spiro atoms. The van der Waals surface area contributed by atoms with Gasteiger partial charge in [0.2, 0.25) is 0 Å². The molecular weight excluding hydrogens is 263 g/mol. The van der Waals surface area contributed by atoms with E-state index < -0.39 is 17.6 Å². The minimum Gasteiger partial charge on any atom is -0.459 e. The first-order valence-corrected chi connectivity index (χ1v) is 4.78. The predicted molar refractivity (Wildman–Crippen MR) is 71.5 cm³/mol. The molecule has 17 heavy (non-hydrogen) atoms. The molecule has 1 heterocycles. The van der Waals surface area contributed by atoms with E-state index in [-0.39, 0.29) is 24.8 Å². The normalized spacial score (nSPS) is 11.8. The summed E-state index contributed by atoms with van der Waals surface area (Å²) in [5, 5.41) is 0. The second-order valence-electron chi connectivity index (χ2n) is 4.29. The molecule has 0 aliphatic heterocycles. The van der Waals surface area contributed by atoms with Crippen molar-refractivity contribution in [3.05, 3.63) is 30.1 Å². The Labute approximate surface area is 114 Å². The van der Waals surface area contributed by atoms with Crippen LogP contribution in [0.15, 0.2) is 24.5 Å². The number of ether oxygens (including phenoxy) is 1. The molecule has 0 fully saturated rings. The molecule has 1 atom stereocenters. The van der Waals surface area contributed by atoms with E-state index in [1.165, 1.54) is 0 Å². The summed E-state index contributed by atoms with van der Waals surface area (Å²) in [5.74, 6) is -0.422. The molecule has 1 aromatic heterocycles. The fourth-order valence-corrected chi connectivity index (χ4v) is 1.07. The summed E-state index contributed by atoms with van der Waals surface area (Å²) in [5.41, 5.74) is 5.94. The minimum atomic E-state index is -0.743. The molecule has 0 aromatic carbocycles. The fraction of sp³-hybridized carbons (Fsp3) is 0.455. The molecule has 0 saturated heterocycles. The highest BCUT2D eigenvalue weighted by molar-refractivity contribution is 5.85. The average Bonchev–Trinajstić information content (AvgIpc) is 2.15. The zero-order valence-corrected chi connectivity index (χ0v) is 11.7. The van der Waals surface area contributed by atoms with Crippen LogP contribution in [-0.2, 0) is 9.53 Å². The Bertz CT molecular complexity index is 339. The summed E-state index contributed by atoms with van der Waals surface area (Å²) in [6.07, 6.45) is 3.19. The van der Waals surface area contributed by atoms with Gasteiger partial charge in [0, 0.05) is 12.4 Å². The van der Waals surface area contributed by atoms with Crippen molar-refractivity contribution in [3.63, 3.8) is 0 Å². The summed E-state index contributed by atoms with van der Waals surface area (Å²) in [6, 6.07) is 2.66. The maximum atomic E-state index is 11.6. The molecule has 0 amide bonds. The van der Waals surface area contributed by atoms with Crippen molar-refractivity contribution in [1.29, 1.82) is 0 Å². The lowest BCUT2D eigenvalue weighted by Crippen LogP contribution is -2.31. The summed E-state index contributed by atoms with van der Waals surface area (Å²) in [4.78, 5) is 15.4. The lowest BCUT2D eigenvalue weighted by atomic mass is 10.1. The largest absolute Gasteiger partial charge is 0.459 e. The number of nitrogens with zero attached hydrogens (tertiary/aromatic N) is 1. The van der Waals surface area contributed by atoms with Gasteiger partial charge in [0.15, 0.2) is 0 Å². The van der Waals surface area contributed by atoms with Crippen LogP contribution >= 0.6 is 24.8 Å². The van der Waals surface area contributed by atoms with Gasteiger partial charge in [-0.15, -0.1) is 24.8 Å². The summed E-state index contributed by atoms with van der Waals surface area (Å²) >= 11 is 0. The highest BCUT2D eigenvalue weighted by Gasteiger charge is 2.23. The first-order valence-electron chi connectivity index (χ1n) is 4.78. The van der Waals surface area contributed by atoms with Crippen LogP contribution in [0.3, 0.4) is 0 Å². The third-order valence-corrected chi connectivity index (χ3v) is 1.73. The van der Waals surface area contributed by atoms with Gasteiger partial charge < -0.3 is 10.5 Å². The van der Waals surface area contributed by atoms with Gasteiger partial charge in [-0.1, -0.05) is 0 Å². The van der Waals surface area contributed by atoms with Gasteiger partial charge in [-0.25, -0.2) is 4.79 Å². The van der Waals surface area contributed by atoms with Crippen LogP contribution in [0.25, 0.3) is 0 Å². The van der Waals surface area contributed by atoms with Crippen LogP contribution in [0.1, 0.15) is 32.4 Å². The molecule has 4 nitrogen and oxygen atoms in total. The van der Waals surface area contributed by atoms with Crippen LogP contribution in [0.4, 0.5) is 0 Å². The number of carbonyl (C=O) groups excluding carboxylic acids is 1. The van der Waals surface area contributed by atoms with Crippen molar-refractivity contribution in [2.45, 2.75) is 32.4 Å². The third kappa shape index (κ3) is 6.46. The molecule has 0 bridgehead atoms. The first-order chi connectivity index (χ1) is 6.90. The number of aromatic nitrogens is 1. The molecule has 1 rings (SSSR count). The van der Waals surface area contributed by atoms with Crippen LogP contribution in [0.2, 0.25) is 0 Å². The van der Waals surface area contributed by atoms with Crippen molar-refractivity contribution in [2.75, 3.05) is 0 Å². The number of halogens is 2. The predicted octanol–water partition coefficient (Wildman–Crippen LogP) is 2.27. The van der Waals surface area contributed by atoms with Crippen molar-refractivity contribution in [2.24, 2.45) is 5.73 Å². The second-order valence-corrected chi connectivity index (χ2v) is 4.29. The lowest BCUT2D eigenvalue weighted by molar-refractivity contribution is -0.156. The van der Waals surface area contributed by atoms with E-state index in [1.54, 1.807) is 24.5 Å². The number of hydrogen-bond donors (Lipinski definition) is 1. The maximum absolute atomic E-state index is 11.6. The van der Waals surface area contributed by atoms with E-state index >= 15 is 0 Å². The zero-order valence-electron chi connectivity index (χ0n) is 10.0. The number of nitrogens with two attached hydrogens (primary N) is 1. The number of rotatable bonds is 2. The molecule has 1 unspecified atom stereocenters. The molecule has 0 saturated carbocycles. The molecule has 6 heteroatoms. The van der Waals surface area contributed by atoms with Gasteiger partial charge in [-0.2, -0.15) is 0 Å². The standard InChI is InChI=1S/C11H16N2O2.2ClH/c1-11(2,3)15-10(14)9(12)8-4-6-13-7-5-8;;/h4-7,9H,12H2,1-3H3;2*1H. The van der Waals surface area contributed by atoms with Crippen LogP contribution in [0.5, 0.6) is 0 Å². The topological polar surface area (TPSA) is 65.2 Å². The van der Waals surface area contributed by atoms with Gasteiger partial charge in [-0.3, -0.25) is 4.98 Å². The Morgan fingerprint density at radius 2 is 1.76 bits per heavy atom. The van der Waals surface area contributed by atoms with Crippen molar-refractivity contribution in [3.8, 4) is 0 Å². The van der Waals surface area contributed by atoms with Crippen molar-refractivity contribution < 1.29 is 9.53 Å². The Morgan fingerprint density at radius 1 is 1.29 bits per heavy atom. The van der Waals surface area contributed by atoms with Gasteiger partial charge in [-0.05, 0) is 38.5 Å². The number of esters is 1. The maximum Gasteiger partial charge on any atom is 0.328 e. The average molecular weight is 281 g/mol. The van der Waals surface area contributed by atoms with Crippen LogP contribution in [-0.4, -0.2) is 16.6 Å². The zero-order chi connectivity index (χ0) is 11.5. The van der Waals surface area contributed by atoms with Crippen LogP contribution in [0, 0.1) is 0 Å². The number of carbonyl (C=O) groups is 1. The Hall–Kier alpha value is -0.840. The second kappa shape index (κ2) is 7.48. The third-order valence-electron chi connectivity index (χ3n) is 1.73. The van der Waals surface area contributed by atoms with E-state index in [0.717, 1.165) is 0 Å². The molecule has 0 aliphatic carbocycles. The molecule has 98 valence electrons. The molecule has 0 aliphatic rings.